The summed E-state index contributed by atoms with van der Waals surface area (Å²) in [7, 11) is 1.62. The zero-order valence-corrected chi connectivity index (χ0v) is 27.0. The molecule has 8 heteroatoms. The van der Waals surface area contributed by atoms with Crippen LogP contribution in [0.4, 0.5) is 0 Å². The van der Waals surface area contributed by atoms with Crippen LogP contribution in [-0.4, -0.2) is 64.4 Å². The normalized spacial score (nSPS) is 39.8. The van der Waals surface area contributed by atoms with E-state index in [0.29, 0.717) is 25.0 Å². The molecule has 0 amide bonds. The van der Waals surface area contributed by atoms with Crippen molar-refractivity contribution in [1.29, 1.82) is 0 Å². The van der Waals surface area contributed by atoms with Crippen molar-refractivity contribution in [3.8, 4) is 0 Å². The van der Waals surface area contributed by atoms with E-state index in [-0.39, 0.29) is 29.5 Å². The number of aliphatic hydroxyl groups excluding tert-OH is 1. The Hall–Kier alpha value is -1.90. The molecule has 1 N–H and O–H groups in total. The molecule has 1 aromatic rings. The van der Waals surface area contributed by atoms with Gasteiger partial charge in [0.1, 0.15) is 17.1 Å². The third-order valence-electron chi connectivity index (χ3n) is 9.63. The lowest BCUT2D eigenvalue weighted by atomic mass is 9.70. The maximum Gasteiger partial charge on any atom is 0.320 e. The van der Waals surface area contributed by atoms with Crippen molar-refractivity contribution in [1.82, 2.24) is 0 Å². The molecule has 2 aliphatic heterocycles. The Balaban J connectivity index is 2.03. The number of methoxy groups -OCH3 is 1. The SMILES string of the molecule is CCC1OC(=O)C(C)C(O)C(C)CC(C)(OC)CC(C)C(=O)C(C)C2C(SCC(C)c3ccccc3)C(=O)OC12C. The Bertz CT molecular complexity index is 1060. The fourth-order valence-corrected chi connectivity index (χ4v) is 8.62. The molecular formula is C33H50O7S. The van der Waals surface area contributed by atoms with Crippen LogP contribution in [0.3, 0.4) is 0 Å². The first-order chi connectivity index (χ1) is 19.2. The minimum absolute atomic E-state index is 0.0318. The van der Waals surface area contributed by atoms with E-state index in [1.807, 2.05) is 59.7 Å². The molecule has 0 aliphatic carbocycles. The Morgan fingerprint density at radius 3 is 2.24 bits per heavy atom. The summed E-state index contributed by atoms with van der Waals surface area (Å²) in [6.07, 6.45) is -0.380. The van der Waals surface area contributed by atoms with Gasteiger partial charge in [0.15, 0.2) is 5.60 Å². The van der Waals surface area contributed by atoms with Gasteiger partial charge in [-0.05, 0) is 57.4 Å². The highest BCUT2D eigenvalue weighted by Crippen LogP contribution is 2.49. The van der Waals surface area contributed by atoms with E-state index in [4.69, 9.17) is 14.2 Å². The summed E-state index contributed by atoms with van der Waals surface area (Å²) in [5.74, 6) is -2.46. The average Bonchev–Trinajstić information content (AvgIpc) is 3.21. The molecular weight excluding hydrogens is 540 g/mol. The number of hydrogen-bond acceptors (Lipinski definition) is 8. The van der Waals surface area contributed by atoms with Gasteiger partial charge in [0.05, 0.1) is 17.6 Å². The van der Waals surface area contributed by atoms with Crippen molar-refractivity contribution in [2.75, 3.05) is 12.9 Å². The molecule has 0 aromatic heterocycles. The summed E-state index contributed by atoms with van der Waals surface area (Å²) < 4.78 is 18.1. The molecule has 7 nitrogen and oxygen atoms in total. The summed E-state index contributed by atoms with van der Waals surface area (Å²) in [6.45, 7) is 15.1. The number of thioether (sulfide) groups is 1. The summed E-state index contributed by atoms with van der Waals surface area (Å²) in [5, 5.41) is 10.5. The minimum atomic E-state index is -1.20. The number of carbonyl (C=O) groups is 3. The number of aliphatic hydroxyl groups is 1. The van der Waals surface area contributed by atoms with Crippen LogP contribution < -0.4 is 0 Å². The first-order valence-electron chi connectivity index (χ1n) is 15.1. The molecule has 2 fully saturated rings. The minimum Gasteiger partial charge on any atom is -0.458 e. The number of rotatable bonds is 6. The van der Waals surface area contributed by atoms with E-state index in [0.717, 1.165) is 0 Å². The average molecular weight is 591 g/mol. The third-order valence-corrected chi connectivity index (χ3v) is 11.2. The van der Waals surface area contributed by atoms with E-state index in [9.17, 15) is 19.5 Å². The fraction of sp³-hybridized carbons (Fsp3) is 0.727. The van der Waals surface area contributed by atoms with Crippen LogP contribution in [0.15, 0.2) is 30.3 Å². The van der Waals surface area contributed by atoms with Gasteiger partial charge in [0.2, 0.25) is 0 Å². The Labute approximate surface area is 250 Å². The summed E-state index contributed by atoms with van der Waals surface area (Å²) >= 11 is 1.52. The number of carbonyl (C=O) groups excluding carboxylic acids is 3. The van der Waals surface area contributed by atoms with Crippen LogP contribution in [-0.2, 0) is 28.6 Å². The summed E-state index contributed by atoms with van der Waals surface area (Å²) in [5.41, 5.74) is -0.701. The first kappa shape index (κ1) is 33.6. The highest BCUT2D eigenvalue weighted by Gasteiger charge is 2.61. The number of benzene rings is 1. The van der Waals surface area contributed by atoms with Gasteiger partial charge in [-0.2, -0.15) is 0 Å². The van der Waals surface area contributed by atoms with Crippen molar-refractivity contribution in [2.45, 2.75) is 109 Å². The molecule has 230 valence electrons. The van der Waals surface area contributed by atoms with E-state index in [1.165, 1.54) is 17.3 Å². The van der Waals surface area contributed by atoms with Gasteiger partial charge in [-0.15, -0.1) is 11.8 Å². The van der Waals surface area contributed by atoms with Crippen molar-refractivity contribution < 1.29 is 33.7 Å². The van der Waals surface area contributed by atoms with Crippen LogP contribution in [0.25, 0.3) is 0 Å². The van der Waals surface area contributed by atoms with Gasteiger partial charge < -0.3 is 19.3 Å². The molecule has 2 aliphatic rings. The van der Waals surface area contributed by atoms with E-state index < -0.39 is 52.4 Å². The second kappa shape index (κ2) is 13.6. The highest BCUT2D eigenvalue weighted by molar-refractivity contribution is 8.00. The first-order valence-corrected chi connectivity index (χ1v) is 16.1. The lowest BCUT2D eigenvalue weighted by Gasteiger charge is -2.42. The van der Waals surface area contributed by atoms with Crippen LogP contribution >= 0.6 is 11.8 Å². The van der Waals surface area contributed by atoms with Crippen LogP contribution in [0.2, 0.25) is 0 Å². The van der Waals surface area contributed by atoms with E-state index in [1.54, 1.807) is 14.0 Å². The lowest BCUT2D eigenvalue weighted by Crippen LogP contribution is -2.53. The van der Waals surface area contributed by atoms with Crippen LogP contribution in [0.5, 0.6) is 0 Å². The molecule has 0 radical (unpaired) electrons. The molecule has 2 saturated heterocycles. The summed E-state index contributed by atoms with van der Waals surface area (Å²) in [6, 6.07) is 10.1. The second-order valence-electron chi connectivity index (χ2n) is 12.9. The van der Waals surface area contributed by atoms with Gasteiger partial charge in [0.25, 0.3) is 0 Å². The fourth-order valence-electron chi connectivity index (χ4n) is 7.04. The smallest absolute Gasteiger partial charge is 0.320 e. The molecule has 41 heavy (non-hydrogen) atoms. The number of ether oxygens (including phenoxy) is 3. The van der Waals surface area contributed by atoms with Gasteiger partial charge in [-0.3, -0.25) is 14.4 Å². The monoisotopic (exact) mass is 590 g/mol. The van der Waals surface area contributed by atoms with Crippen molar-refractivity contribution in [3.63, 3.8) is 0 Å². The maximum absolute atomic E-state index is 14.1. The molecule has 3 rings (SSSR count). The molecule has 0 saturated carbocycles. The highest BCUT2D eigenvalue weighted by atomic mass is 32.2. The zero-order valence-electron chi connectivity index (χ0n) is 26.2. The quantitative estimate of drug-likeness (QED) is 0.414. The van der Waals surface area contributed by atoms with E-state index >= 15 is 0 Å². The predicted molar refractivity (Wildman–Crippen MR) is 162 cm³/mol. The Kier molecular flexibility index (Phi) is 11.1. The number of fused-ring (bicyclic) bond motifs is 1. The largest absolute Gasteiger partial charge is 0.458 e. The topological polar surface area (TPSA) is 99.1 Å². The van der Waals surface area contributed by atoms with Gasteiger partial charge in [0, 0.05) is 30.6 Å². The van der Waals surface area contributed by atoms with Gasteiger partial charge >= 0.3 is 11.9 Å². The van der Waals surface area contributed by atoms with Crippen LogP contribution in [0, 0.1) is 29.6 Å². The zero-order chi connectivity index (χ0) is 30.7. The third kappa shape index (κ3) is 7.19. The maximum atomic E-state index is 14.1. The van der Waals surface area contributed by atoms with Crippen molar-refractivity contribution in [3.05, 3.63) is 35.9 Å². The predicted octanol–water partition coefficient (Wildman–Crippen LogP) is 5.82. The molecule has 11 unspecified atom stereocenters. The molecule has 1 aromatic carbocycles. The number of Topliss-reactive ketones (excluding diaryl/α,β-unsaturated/α-hetero) is 1. The van der Waals surface area contributed by atoms with Crippen LogP contribution in [0.1, 0.15) is 86.1 Å². The number of cyclic esters (lactones) is 1. The lowest BCUT2D eigenvalue weighted by molar-refractivity contribution is -0.186. The second-order valence-corrected chi connectivity index (χ2v) is 14.1. The number of hydrogen-bond donors (Lipinski definition) is 1. The molecule has 2 heterocycles. The Morgan fingerprint density at radius 1 is 1.02 bits per heavy atom. The molecule has 11 atom stereocenters. The van der Waals surface area contributed by atoms with Crippen molar-refractivity contribution >= 4 is 29.5 Å². The van der Waals surface area contributed by atoms with E-state index in [2.05, 4.69) is 19.1 Å². The summed E-state index contributed by atoms with van der Waals surface area (Å²) in [4.78, 5) is 41.0. The number of ketones is 1. The molecule has 0 spiro atoms. The van der Waals surface area contributed by atoms with Gasteiger partial charge in [-0.1, -0.05) is 65.0 Å². The van der Waals surface area contributed by atoms with Gasteiger partial charge in [-0.25, -0.2) is 0 Å². The Morgan fingerprint density at radius 2 is 1.66 bits per heavy atom. The number of esters is 2. The standard InChI is InChI=1S/C33H50O7S/c1-10-25-33(8)26(29(31(37)40-33)41-18-21(4)24-14-12-11-13-15-24)22(5)27(34)19(2)16-32(7,38-9)17-20(3)28(35)23(6)30(36)39-25/h11-15,19-23,25-26,28-29,35H,10,16-18H2,1-9H3. The van der Waals surface area contributed by atoms with Crippen molar-refractivity contribution in [2.24, 2.45) is 29.6 Å². The molecule has 0 bridgehead atoms.